The van der Waals surface area contributed by atoms with Crippen LogP contribution in [0.2, 0.25) is 0 Å². The van der Waals surface area contributed by atoms with Gasteiger partial charge in [-0.25, -0.2) is 8.42 Å². The van der Waals surface area contributed by atoms with Crippen LogP contribution in [0.5, 0.6) is 0 Å². The summed E-state index contributed by atoms with van der Waals surface area (Å²) in [4.78, 5) is 0. The first kappa shape index (κ1) is 23.7. The highest BCUT2D eigenvalue weighted by atomic mass is 32.2. The summed E-state index contributed by atoms with van der Waals surface area (Å²) in [6.07, 6.45) is 13.0. The van der Waals surface area contributed by atoms with Gasteiger partial charge in [0, 0.05) is 12.8 Å². The third-order valence-corrected chi connectivity index (χ3v) is 5.05. The van der Waals surface area contributed by atoms with Crippen LogP contribution in [0.25, 0.3) is 0 Å². The topological polar surface area (TPSA) is 57.2 Å². The average molecular weight is 375 g/mol. The Balaban J connectivity index is 0.000000561. The molecule has 146 valence electrons. The summed E-state index contributed by atoms with van der Waals surface area (Å²) in [7, 11) is -6.09. The Hall–Kier alpha value is -0.340. The third-order valence-electron chi connectivity index (χ3n) is 4.48. The molecule has 1 aliphatic rings. The Labute approximate surface area is 144 Å². The van der Waals surface area contributed by atoms with Crippen LogP contribution in [0.15, 0.2) is 0 Å². The molecule has 0 saturated carbocycles. The zero-order chi connectivity index (χ0) is 18.7. The van der Waals surface area contributed by atoms with Crippen molar-refractivity contribution in [3.63, 3.8) is 0 Å². The molecule has 0 radical (unpaired) electrons. The zero-order valence-electron chi connectivity index (χ0n) is 14.9. The Kier molecular flexibility index (Phi) is 11.1. The number of likely N-dealkylation sites (tertiary alicyclic amines) is 1. The van der Waals surface area contributed by atoms with Gasteiger partial charge in [-0.2, -0.15) is 13.2 Å². The van der Waals surface area contributed by atoms with Crippen molar-refractivity contribution in [1.29, 1.82) is 0 Å². The minimum Gasteiger partial charge on any atom is -0.741 e. The van der Waals surface area contributed by atoms with Gasteiger partial charge in [0.1, 0.15) is 0 Å². The van der Waals surface area contributed by atoms with Gasteiger partial charge in [0.2, 0.25) is 0 Å². The van der Waals surface area contributed by atoms with Gasteiger partial charge in [0.25, 0.3) is 0 Å². The van der Waals surface area contributed by atoms with Gasteiger partial charge in [-0.05, 0) is 19.3 Å². The SMILES string of the molecule is CCCCCCCC[N+]1(CCC)CCCC1.O=S(=O)([O-])C(F)(F)F. The fourth-order valence-electron chi connectivity index (χ4n) is 3.27. The quantitative estimate of drug-likeness (QED) is 0.259. The maximum absolute atomic E-state index is 10.7. The van der Waals surface area contributed by atoms with E-state index >= 15 is 0 Å². The molecule has 1 saturated heterocycles. The van der Waals surface area contributed by atoms with Gasteiger partial charge >= 0.3 is 5.51 Å². The maximum Gasteiger partial charge on any atom is 0.485 e. The monoisotopic (exact) mass is 375 g/mol. The Morgan fingerprint density at radius 3 is 1.75 bits per heavy atom. The van der Waals surface area contributed by atoms with Crippen LogP contribution in [-0.2, 0) is 10.1 Å². The van der Waals surface area contributed by atoms with E-state index in [4.69, 9.17) is 13.0 Å². The molecule has 8 heteroatoms. The minimum atomic E-state index is -6.09. The first-order valence-corrected chi connectivity index (χ1v) is 10.4. The number of halogens is 3. The fraction of sp³-hybridized carbons (Fsp3) is 1.00. The van der Waals surface area contributed by atoms with Crippen molar-refractivity contribution in [2.24, 2.45) is 0 Å². The van der Waals surface area contributed by atoms with E-state index in [0.717, 1.165) is 0 Å². The number of hydrogen-bond acceptors (Lipinski definition) is 3. The second-order valence-electron chi connectivity index (χ2n) is 6.61. The molecule has 1 fully saturated rings. The molecule has 0 amide bonds. The van der Waals surface area contributed by atoms with E-state index in [-0.39, 0.29) is 0 Å². The predicted molar refractivity (Wildman–Crippen MR) is 88.4 cm³/mol. The number of nitrogens with zero attached hydrogens (tertiary/aromatic N) is 1. The highest BCUT2D eigenvalue weighted by Gasteiger charge is 2.37. The van der Waals surface area contributed by atoms with Gasteiger partial charge in [-0.15, -0.1) is 0 Å². The lowest BCUT2D eigenvalue weighted by atomic mass is 10.1. The molecule has 0 N–H and O–H groups in total. The van der Waals surface area contributed by atoms with E-state index in [2.05, 4.69) is 13.8 Å². The second-order valence-corrected chi connectivity index (χ2v) is 7.98. The second kappa shape index (κ2) is 11.3. The summed E-state index contributed by atoms with van der Waals surface area (Å²) < 4.78 is 60.4. The van der Waals surface area contributed by atoms with Crippen LogP contribution in [0.1, 0.15) is 71.6 Å². The average Bonchev–Trinajstić information content (AvgIpc) is 2.90. The van der Waals surface area contributed by atoms with E-state index < -0.39 is 15.6 Å². The lowest BCUT2D eigenvalue weighted by Gasteiger charge is -2.34. The molecule has 1 rings (SSSR count). The van der Waals surface area contributed by atoms with Crippen molar-refractivity contribution in [3.05, 3.63) is 0 Å². The molecule has 0 aliphatic carbocycles. The van der Waals surface area contributed by atoms with Crippen LogP contribution in [0.4, 0.5) is 13.2 Å². The van der Waals surface area contributed by atoms with E-state index in [1.54, 1.807) is 0 Å². The lowest BCUT2D eigenvalue weighted by molar-refractivity contribution is -0.917. The molecule has 0 bridgehead atoms. The van der Waals surface area contributed by atoms with E-state index in [1.807, 2.05) is 0 Å². The number of alkyl halides is 3. The minimum absolute atomic E-state index is 1.37. The normalized spacial score (nSPS) is 17.4. The molecule has 0 spiro atoms. The molecule has 24 heavy (non-hydrogen) atoms. The molecule has 0 unspecified atom stereocenters. The summed E-state index contributed by atoms with van der Waals surface area (Å²) in [6.45, 7) is 10.5. The molecular weight excluding hydrogens is 343 g/mol. The highest BCUT2D eigenvalue weighted by molar-refractivity contribution is 7.86. The largest absolute Gasteiger partial charge is 0.741 e. The predicted octanol–water partition coefficient (Wildman–Crippen LogP) is 4.42. The summed E-state index contributed by atoms with van der Waals surface area (Å²) in [5.41, 5.74) is -5.65. The van der Waals surface area contributed by atoms with Crippen molar-refractivity contribution in [2.75, 3.05) is 26.2 Å². The van der Waals surface area contributed by atoms with Crippen LogP contribution in [0, 0.1) is 0 Å². The number of hydrogen-bond donors (Lipinski definition) is 0. The molecule has 0 atom stereocenters. The highest BCUT2D eigenvalue weighted by Crippen LogP contribution is 2.22. The van der Waals surface area contributed by atoms with Gasteiger partial charge in [0.15, 0.2) is 10.1 Å². The van der Waals surface area contributed by atoms with Crippen LogP contribution in [0.3, 0.4) is 0 Å². The lowest BCUT2D eigenvalue weighted by Crippen LogP contribution is -2.46. The van der Waals surface area contributed by atoms with Gasteiger partial charge in [0.05, 0.1) is 26.2 Å². The van der Waals surface area contributed by atoms with E-state index in [0.29, 0.717) is 0 Å². The number of unbranched alkanes of at least 4 members (excludes halogenated alkanes) is 5. The summed E-state index contributed by atoms with van der Waals surface area (Å²) >= 11 is 0. The third kappa shape index (κ3) is 9.84. The Bertz CT molecular complexity index is 419. The van der Waals surface area contributed by atoms with Gasteiger partial charge in [-0.3, -0.25) is 0 Å². The van der Waals surface area contributed by atoms with E-state index in [1.165, 1.54) is 88.4 Å². The molecular formula is C16H32F3NO3S. The molecule has 1 heterocycles. The van der Waals surface area contributed by atoms with Crippen LogP contribution in [-0.4, -0.2) is 49.1 Å². The molecule has 0 aromatic carbocycles. The van der Waals surface area contributed by atoms with Crippen molar-refractivity contribution >= 4 is 10.1 Å². The van der Waals surface area contributed by atoms with Crippen molar-refractivity contribution < 1.29 is 30.6 Å². The molecule has 1 aliphatic heterocycles. The first-order chi connectivity index (χ1) is 11.1. The first-order valence-electron chi connectivity index (χ1n) is 8.95. The number of rotatable bonds is 9. The van der Waals surface area contributed by atoms with Crippen LogP contribution < -0.4 is 0 Å². The van der Waals surface area contributed by atoms with Gasteiger partial charge in [-0.1, -0.05) is 39.5 Å². The maximum atomic E-state index is 10.7. The molecule has 4 nitrogen and oxygen atoms in total. The van der Waals surface area contributed by atoms with E-state index in [9.17, 15) is 13.2 Å². The van der Waals surface area contributed by atoms with Crippen LogP contribution >= 0.6 is 0 Å². The molecule has 0 aromatic heterocycles. The summed E-state index contributed by atoms with van der Waals surface area (Å²) in [6, 6.07) is 0. The van der Waals surface area contributed by atoms with Crippen molar-refractivity contribution in [1.82, 2.24) is 0 Å². The zero-order valence-corrected chi connectivity index (χ0v) is 15.7. The fourth-order valence-corrected chi connectivity index (χ4v) is 3.27. The molecule has 0 aromatic rings. The summed E-state index contributed by atoms with van der Waals surface area (Å²) in [5, 5.41) is 0. The Morgan fingerprint density at radius 1 is 0.875 bits per heavy atom. The van der Waals surface area contributed by atoms with Gasteiger partial charge < -0.3 is 9.04 Å². The van der Waals surface area contributed by atoms with Crippen molar-refractivity contribution in [2.45, 2.75) is 77.1 Å². The Morgan fingerprint density at radius 2 is 1.33 bits per heavy atom. The summed E-state index contributed by atoms with van der Waals surface area (Å²) in [5.74, 6) is 0. The number of quaternary nitrogens is 1. The standard InChI is InChI=1S/C15H32N.CHF3O3S/c1-3-5-6-7-8-9-13-16(12-4-2)14-10-11-15-16;2-1(3,4)8(5,6)7/h3-15H2,1-2H3;(H,5,6,7)/q+1;/p-1. The van der Waals surface area contributed by atoms with Crippen molar-refractivity contribution in [3.8, 4) is 0 Å². The smallest absolute Gasteiger partial charge is 0.485 e.